The Morgan fingerprint density at radius 1 is 2.00 bits per heavy atom. The molecule has 1 N–H and O–H groups in total. The Labute approximate surface area is 48.0 Å². The molecule has 8 heavy (non-hydrogen) atoms. The lowest BCUT2D eigenvalue weighted by Crippen LogP contribution is -1.87. The van der Waals surface area contributed by atoms with Gasteiger partial charge in [-0.25, -0.2) is 4.85 Å². The Bertz CT molecular complexity index is 123. The first-order chi connectivity index (χ1) is 3.81. The van der Waals surface area contributed by atoms with Crippen molar-refractivity contribution in [1.29, 1.82) is 0 Å². The molecule has 0 aromatic heterocycles. The van der Waals surface area contributed by atoms with Gasteiger partial charge in [-0.1, -0.05) is 0 Å². The van der Waals surface area contributed by atoms with Gasteiger partial charge in [-0.2, -0.15) is 0 Å². The van der Waals surface area contributed by atoms with E-state index in [9.17, 15) is 0 Å². The zero-order valence-corrected chi connectivity index (χ0v) is 4.59. The van der Waals surface area contributed by atoms with Crippen LogP contribution in [0.4, 0.5) is 0 Å². The van der Waals surface area contributed by atoms with Crippen LogP contribution in [-0.4, -0.2) is 11.7 Å². The largest absolute Gasteiger partial charge is 0.490 e. The summed E-state index contributed by atoms with van der Waals surface area (Å²) in [6.45, 7) is 8.34. The fourth-order valence-corrected chi connectivity index (χ4v) is 0.240. The Balaban J connectivity index is 3.49. The minimum Gasteiger partial charge on any atom is -0.490 e. The number of ether oxygens (including phenoxy) is 1. The number of aliphatic hydroxyl groups is 1. The predicted octanol–water partition coefficient (Wildman–Crippen LogP) is 1.30. The summed E-state index contributed by atoms with van der Waals surface area (Å²) in [6, 6.07) is 0. The van der Waals surface area contributed by atoms with E-state index < -0.39 is 0 Å². The maximum Gasteiger partial charge on any atom is 0.270 e. The van der Waals surface area contributed by atoms with Crippen LogP contribution in [-0.2, 0) is 4.74 Å². The summed E-state index contributed by atoms with van der Waals surface area (Å²) in [6.07, 6.45) is 0.920. The number of aliphatic hydroxyl groups excluding tert-OH is 1. The molecule has 0 aromatic carbocycles. The van der Waals surface area contributed by atoms with Gasteiger partial charge < -0.3 is 9.84 Å². The third-order valence-corrected chi connectivity index (χ3v) is 0.467. The van der Waals surface area contributed by atoms with E-state index in [4.69, 9.17) is 11.7 Å². The van der Waals surface area contributed by atoms with Crippen molar-refractivity contribution in [1.82, 2.24) is 0 Å². The molecule has 0 rings (SSSR count). The van der Waals surface area contributed by atoms with Crippen LogP contribution in [0.15, 0.2) is 12.1 Å². The Kier molecular flexibility index (Phi) is 3.42. The lowest BCUT2D eigenvalue weighted by Gasteiger charge is -1.95. The third-order valence-electron chi connectivity index (χ3n) is 0.467. The summed E-state index contributed by atoms with van der Waals surface area (Å²) in [7, 11) is 0. The first kappa shape index (κ1) is 6.83. The van der Waals surface area contributed by atoms with Gasteiger partial charge in [0.05, 0.1) is 13.2 Å². The van der Waals surface area contributed by atoms with Gasteiger partial charge in [-0.3, -0.25) is 0 Å². The molecule has 0 saturated heterocycles. The minimum atomic E-state index is -0.317. The van der Waals surface area contributed by atoms with Gasteiger partial charge in [0, 0.05) is 0 Å². The van der Waals surface area contributed by atoms with Gasteiger partial charge in [0.2, 0.25) is 6.20 Å². The fraction of sp³-hybridized carbons (Fsp3) is 0.400. The van der Waals surface area contributed by atoms with Crippen LogP contribution >= 0.6 is 0 Å². The molecule has 0 unspecified atom stereocenters. The van der Waals surface area contributed by atoms with Crippen LogP contribution in [0.25, 0.3) is 4.85 Å². The molecule has 0 spiro atoms. The summed E-state index contributed by atoms with van der Waals surface area (Å²) in [5.74, 6) is -0.317. The quantitative estimate of drug-likeness (QED) is 0.432. The molecular weight excluding hydrogens is 106 g/mol. The van der Waals surface area contributed by atoms with E-state index in [1.54, 1.807) is 6.92 Å². The number of hydrogen-bond donors (Lipinski definition) is 1. The Hall–Kier alpha value is -1.17. The molecule has 0 radical (unpaired) electrons. The molecule has 0 amide bonds. The van der Waals surface area contributed by atoms with E-state index in [1.807, 2.05) is 0 Å². The zero-order valence-electron chi connectivity index (χ0n) is 4.59. The van der Waals surface area contributed by atoms with Crippen LogP contribution in [0.5, 0.6) is 0 Å². The molecular formula is C5H7NO2. The molecule has 0 saturated carbocycles. The molecule has 0 aromatic rings. The first-order valence-electron chi connectivity index (χ1n) is 2.19. The van der Waals surface area contributed by atoms with Crippen molar-refractivity contribution in [2.75, 3.05) is 6.61 Å². The van der Waals surface area contributed by atoms with Crippen molar-refractivity contribution in [2.45, 2.75) is 6.92 Å². The number of rotatable bonds is 2. The van der Waals surface area contributed by atoms with Crippen LogP contribution in [0.3, 0.4) is 0 Å². The summed E-state index contributed by atoms with van der Waals surface area (Å²) in [5, 5.41) is 8.47. The van der Waals surface area contributed by atoms with Crippen LogP contribution in [0.1, 0.15) is 6.92 Å². The molecule has 0 aliphatic rings. The average Bonchev–Trinajstić information content (AvgIpc) is 1.68. The Morgan fingerprint density at radius 2 is 2.62 bits per heavy atom. The maximum absolute atomic E-state index is 8.47. The highest BCUT2D eigenvalue weighted by Crippen LogP contribution is 1.89. The van der Waals surface area contributed by atoms with E-state index in [0.29, 0.717) is 6.61 Å². The van der Waals surface area contributed by atoms with Crippen LogP contribution < -0.4 is 0 Å². The normalized spacial score (nSPS) is 10.2. The van der Waals surface area contributed by atoms with Crippen molar-refractivity contribution in [3.05, 3.63) is 23.6 Å². The van der Waals surface area contributed by atoms with E-state index in [-0.39, 0.29) is 5.95 Å². The highest BCUT2D eigenvalue weighted by atomic mass is 16.6. The lowest BCUT2D eigenvalue weighted by atomic mass is 10.8. The molecule has 44 valence electrons. The molecule has 0 aliphatic heterocycles. The molecule has 0 heterocycles. The summed E-state index contributed by atoms with van der Waals surface area (Å²) in [4.78, 5) is 2.77. The van der Waals surface area contributed by atoms with Crippen molar-refractivity contribution in [3.8, 4) is 0 Å². The van der Waals surface area contributed by atoms with Crippen molar-refractivity contribution < 1.29 is 9.84 Å². The highest BCUT2D eigenvalue weighted by molar-refractivity contribution is 4.89. The lowest BCUT2D eigenvalue weighted by molar-refractivity contribution is 0.102. The fourth-order valence-electron chi connectivity index (χ4n) is 0.240. The molecule has 3 heteroatoms. The zero-order chi connectivity index (χ0) is 6.41. The van der Waals surface area contributed by atoms with Gasteiger partial charge in [-0.05, 0) is 6.92 Å². The molecule has 0 bridgehead atoms. The standard InChI is InChI=1S/C5H7NO2/c1-3-8-5(7)4-6-2/h4,7H,3H2,1H3. The first-order valence-corrected chi connectivity index (χ1v) is 2.19. The number of hydrogen-bond acceptors (Lipinski definition) is 2. The second-order valence-electron chi connectivity index (χ2n) is 1.03. The van der Waals surface area contributed by atoms with Gasteiger partial charge in [0.1, 0.15) is 0 Å². The summed E-state index contributed by atoms with van der Waals surface area (Å²) in [5.41, 5.74) is 0. The van der Waals surface area contributed by atoms with Gasteiger partial charge >= 0.3 is 0 Å². The van der Waals surface area contributed by atoms with Crippen molar-refractivity contribution in [3.63, 3.8) is 0 Å². The minimum absolute atomic E-state index is 0.317. The molecule has 0 fully saturated rings. The monoisotopic (exact) mass is 113 g/mol. The molecule has 0 aliphatic carbocycles. The highest BCUT2D eigenvalue weighted by Gasteiger charge is 1.84. The van der Waals surface area contributed by atoms with Crippen molar-refractivity contribution >= 4 is 0 Å². The topological polar surface area (TPSA) is 33.8 Å². The van der Waals surface area contributed by atoms with Crippen molar-refractivity contribution in [2.24, 2.45) is 0 Å². The second kappa shape index (κ2) is 4.00. The smallest absolute Gasteiger partial charge is 0.270 e. The average molecular weight is 113 g/mol. The summed E-state index contributed by atoms with van der Waals surface area (Å²) >= 11 is 0. The second-order valence-corrected chi connectivity index (χ2v) is 1.03. The Morgan fingerprint density at radius 3 is 3.00 bits per heavy atom. The van der Waals surface area contributed by atoms with E-state index >= 15 is 0 Å². The third kappa shape index (κ3) is 3.04. The van der Waals surface area contributed by atoms with E-state index in [0.717, 1.165) is 6.20 Å². The van der Waals surface area contributed by atoms with Gasteiger partial charge in [0.25, 0.3) is 5.95 Å². The summed E-state index contributed by atoms with van der Waals surface area (Å²) < 4.78 is 4.49. The van der Waals surface area contributed by atoms with Crippen LogP contribution in [0, 0.1) is 6.57 Å². The van der Waals surface area contributed by atoms with E-state index in [2.05, 4.69) is 9.58 Å². The van der Waals surface area contributed by atoms with Crippen LogP contribution in [0.2, 0.25) is 0 Å². The predicted molar refractivity (Wildman–Crippen MR) is 28.9 cm³/mol. The molecule has 3 nitrogen and oxygen atoms in total. The van der Waals surface area contributed by atoms with Gasteiger partial charge in [0.15, 0.2) is 0 Å². The molecule has 0 atom stereocenters. The maximum atomic E-state index is 8.47. The SMILES string of the molecule is [C-]#[N+]C=C(O)OCC. The van der Waals surface area contributed by atoms with Gasteiger partial charge in [-0.15, -0.1) is 0 Å². The van der Waals surface area contributed by atoms with E-state index in [1.165, 1.54) is 0 Å². The number of nitrogens with zero attached hydrogens (tertiary/aromatic N) is 1.